The zero-order chi connectivity index (χ0) is 16.5. The van der Waals surface area contributed by atoms with Crippen LogP contribution in [-0.4, -0.2) is 22.6 Å². The Morgan fingerprint density at radius 2 is 2.09 bits per heavy atom. The molecule has 2 aromatic rings. The number of aryl methyl sites for hydroxylation is 2. The van der Waals surface area contributed by atoms with Gasteiger partial charge >= 0.3 is 0 Å². The van der Waals surface area contributed by atoms with E-state index in [1.165, 1.54) is 0 Å². The van der Waals surface area contributed by atoms with Gasteiger partial charge in [-0.2, -0.15) is 4.98 Å². The van der Waals surface area contributed by atoms with Crippen molar-refractivity contribution in [2.75, 3.05) is 6.54 Å². The Balaban J connectivity index is 1.65. The van der Waals surface area contributed by atoms with Crippen LogP contribution in [0.4, 0.5) is 0 Å². The van der Waals surface area contributed by atoms with E-state index in [2.05, 4.69) is 22.4 Å². The number of aromatic nitrogens is 2. The number of nitrogens with two attached hydrogens (primary N) is 1. The van der Waals surface area contributed by atoms with E-state index < -0.39 is 0 Å². The molecule has 3 N–H and O–H groups in total. The van der Waals surface area contributed by atoms with Gasteiger partial charge in [-0.1, -0.05) is 42.4 Å². The Morgan fingerprint density at radius 1 is 1.30 bits per heavy atom. The monoisotopic (exact) mass is 316 g/mol. The predicted octanol–water partition coefficient (Wildman–Crippen LogP) is 2.16. The molecule has 124 valence electrons. The zero-order valence-corrected chi connectivity index (χ0v) is 13.5. The molecule has 1 aromatic carbocycles. The summed E-state index contributed by atoms with van der Waals surface area (Å²) < 4.78 is 5.14. The van der Waals surface area contributed by atoms with Crippen LogP contribution in [0.1, 0.15) is 49.5 Å². The van der Waals surface area contributed by atoms with E-state index in [9.17, 15) is 4.79 Å². The summed E-state index contributed by atoms with van der Waals surface area (Å²) in [6.07, 6.45) is 3.53. The Bertz CT molecular complexity index is 598. The number of hydrogen-bond acceptors (Lipinski definition) is 5. The van der Waals surface area contributed by atoms with Gasteiger partial charge in [0.05, 0.1) is 0 Å². The van der Waals surface area contributed by atoms with Gasteiger partial charge in [-0.25, -0.2) is 0 Å². The minimum Gasteiger partial charge on any atom is -0.354 e. The smallest absolute Gasteiger partial charge is 0.226 e. The summed E-state index contributed by atoms with van der Waals surface area (Å²) in [6.45, 7) is 2.50. The van der Waals surface area contributed by atoms with Gasteiger partial charge < -0.3 is 15.6 Å². The normalized spacial score (nSPS) is 12.1. The van der Waals surface area contributed by atoms with Gasteiger partial charge in [0, 0.05) is 31.8 Å². The van der Waals surface area contributed by atoms with Gasteiger partial charge in [-0.3, -0.25) is 4.79 Å². The summed E-state index contributed by atoms with van der Waals surface area (Å²) in [6, 6.07) is 9.55. The molecule has 1 atom stereocenters. The van der Waals surface area contributed by atoms with Crippen LogP contribution in [0.5, 0.6) is 0 Å². The molecular formula is C17H24N4O2. The van der Waals surface area contributed by atoms with Crippen molar-refractivity contribution in [1.82, 2.24) is 15.5 Å². The lowest BCUT2D eigenvalue weighted by Gasteiger charge is -2.12. The van der Waals surface area contributed by atoms with Crippen molar-refractivity contribution in [2.45, 2.75) is 45.1 Å². The largest absolute Gasteiger partial charge is 0.354 e. The van der Waals surface area contributed by atoms with Crippen molar-refractivity contribution in [1.29, 1.82) is 0 Å². The van der Waals surface area contributed by atoms with Gasteiger partial charge in [-0.15, -0.1) is 0 Å². The predicted molar refractivity (Wildman–Crippen MR) is 87.6 cm³/mol. The summed E-state index contributed by atoms with van der Waals surface area (Å²) in [5, 5.41) is 6.76. The maximum absolute atomic E-state index is 11.8. The van der Waals surface area contributed by atoms with Crippen molar-refractivity contribution < 1.29 is 9.32 Å². The molecule has 1 unspecified atom stereocenters. The molecule has 0 fully saturated rings. The lowest BCUT2D eigenvalue weighted by Crippen LogP contribution is -2.31. The summed E-state index contributed by atoms with van der Waals surface area (Å²) in [4.78, 5) is 16.1. The molecule has 1 heterocycles. The maximum Gasteiger partial charge on any atom is 0.226 e. The highest BCUT2D eigenvalue weighted by Crippen LogP contribution is 2.08. The lowest BCUT2D eigenvalue weighted by molar-refractivity contribution is -0.121. The third-order valence-corrected chi connectivity index (χ3v) is 3.53. The first kappa shape index (κ1) is 17.1. The minimum atomic E-state index is -0.187. The second kappa shape index (κ2) is 9.05. The molecule has 2 rings (SSSR count). The van der Waals surface area contributed by atoms with Gasteiger partial charge in [0.2, 0.25) is 11.8 Å². The van der Waals surface area contributed by atoms with Crippen molar-refractivity contribution in [2.24, 2.45) is 5.73 Å². The van der Waals surface area contributed by atoms with Gasteiger partial charge in [0.15, 0.2) is 5.82 Å². The van der Waals surface area contributed by atoms with E-state index in [1.807, 2.05) is 30.3 Å². The van der Waals surface area contributed by atoms with Crippen molar-refractivity contribution in [3.05, 3.63) is 47.6 Å². The molecule has 0 bridgehead atoms. The van der Waals surface area contributed by atoms with E-state index in [0.29, 0.717) is 31.7 Å². The van der Waals surface area contributed by atoms with Gasteiger partial charge in [0.25, 0.3) is 0 Å². The highest BCUT2D eigenvalue weighted by molar-refractivity contribution is 5.75. The van der Waals surface area contributed by atoms with Gasteiger partial charge in [-0.05, 0) is 18.4 Å². The molecular weight excluding hydrogens is 292 g/mol. The third kappa shape index (κ3) is 5.83. The van der Waals surface area contributed by atoms with Crippen molar-refractivity contribution in [3.63, 3.8) is 0 Å². The Morgan fingerprint density at radius 3 is 2.83 bits per heavy atom. The van der Waals surface area contributed by atoms with Crippen LogP contribution < -0.4 is 11.1 Å². The molecule has 0 aliphatic heterocycles. The summed E-state index contributed by atoms with van der Waals surface area (Å²) >= 11 is 0. The average Bonchev–Trinajstić information content (AvgIpc) is 3.01. The number of rotatable bonds is 9. The fourth-order valence-corrected chi connectivity index (χ4v) is 2.25. The number of nitrogens with zero attached hydrogens (tertiary/aromatic N) is 2. The van der Waals surface area contributed by atoms with Crippen LogP contribution in [0.25, 0.3) is 0 Å². The highest BCUT2D eigenvalue weighted by Gasteiger charge is 2.09. The fourth-order valence-electron chi connectivity index (χ4n) is 2.25. The topological polar surface area (TPSA) is 94.0 Å². The number of benzene rings is 1. The van der Waals surface area contributed by atoms with Crippen molar-refractivity contribution in [3.8, 4) is 0 Å². The number of amides is 1. The molecule has 0 saturated carbocycles. The van der Waals surface area contributed by atoms with E-state index in [4.69, 9.17) is 10.3 Å². The van der Waals surface area contributed by atoms with E-state index in [0.717, 1.165) is 24.2 Å². The molecule has 1 amide bonds. The number of hydrogen-bond donors (Lipinski definition) is 2. The summed E-state index contributed by atoms with van der Waals surface area (Å²) in [5.41, 5.74) is 7.06. The molecule has 6 nitrogen and oxygen atoms in total. The van der Waals surface area contributed by atoms with Crippen LogP contribution in [0.3, 0.4) is 0 Å². The second-order valence-electron chi connectivity index (χ2n) is 5.53. The molecule has 23 heavy (non-hydrogen) atoms. The second-order valence-corrected chi connectivity index (χ2v) is 5.53. The molecule has 0 spiro atoms. The summed E-state index contributed by atoms with van der Waals surface area (Å²) in [5.74, 6) is 1.33. The number of carbonyl (C=O) groups is 1. The molecule has 0 saturated heterocycles. The van der Waals surface area contributed by atoms with E-state index in [-0.39, 0.29) is 11.9 Å². The first-order chi connectivity index (χ1) is 11.2. The Labute approximate surface area is 136 Å². The zero-order valence-electron chi connectivity index (χ0n) is 13.5. The number of nitrogens with one attached hydrogen (secondary N) is 1. The summed E-state index contributed by atoms with van der Waals surface area (Å²) in [7, 11) is 0. The highest BCUT2D eigenvalue weighted by atomic mass is 16.5. The minimum absolute atomic E-state index is 0.00956. The standard InChI is InChI=1S/C17H24N4O2/c1-2-7-15-20-17(23-21-15)11-6-10-16(22)19-12-14(18)13-8-4-3-5-9-13/h3-5,8-9,14H,2,6-7,10-12,18H2,1H3,(H,19,22). The Kier molecular flexibility index (Phi) is 6.75. The van der Waals surface area contributed by atoms with Crippen LogP contribution in [0, 0.1) is 0 Å². The third-order valence-electron chi connectivity index (χ3n) is 3.53. The lowest BCUT2D eigenvalue weighted by atomic mass is 10.1. The van der Waals surface area contributed by atoms with Crippen LogP contribution in [0.15, 0.2) is 34.9 Å². The molecule has 6 heteroatoms. The van der Waals surface area contributed by atoms with Crippen LogP contribution in [0.2, 0.25) is 0 Å². The van der Waals surface area contributed by atoms with Crippen molar-refractivity contribution >= 4 is 5.91 Å². The molecule has 1 aromatic heterocycles. The van der Waals surface area contributed by atoms with E-state index in [1.54, 1.807) is 0 Å². The SMILES string of the molecule is CCCc1noc(CCCC(=O)NCC(N)c2ccccc2)n1. The first-order valence-electron chi connectivity index (χ1n) is 8.07. The average molecular weight is 316 g/mol. The molecule has 0 aliphatic carbocycles. The first-order valence-corrected chi connectivity index (χ1v) is 8.07. The molecule has 0 aliphatic rings. The quantitative estimate of drug-likeness (QED) is 0.739. The van der Waals surface area contributed by atoms with Crippen LogP contribution in [-0.2, 0) is 17.6 Å². The Hall–Kier alpha value is -2.21. The fraction of sp³-hybridized carbons (Fsp3) is 0.471. The van der Waals surface area contributed by atoms with E-state index >= 15 is 0 Å². The molecule has 0 radical (unpaired) electrons. The number of carbonyl (C=O) groups excluding carboxylic acids is 1. The van der Waals surface area contributed by atoms with Crippen LogP contribution >= 0.6 is 0 Å². The maximum atomic E-state index is 11.8. The van der Waals surface area contributed by atoms with Gasteiger partial charge in [0.1, 0.15) is 0 Å².